The standard InChI is InChI=1S/C16H16F6N4O4/c1-13(15(17,18)19,29-11(27)25-7-5-23-9-25)3-4-14(2,16(20,21)22)30-12(28)26-8-6-24-10-26/h5-10H,3-4H2,1-2H3. The number of carbonyl (C=O) groups is 2. The highest BCUT2D eigenvalue weighted by Crippen LogP contribution is 2.43. The molecule has 0 aliphatic carbocycles. The van der Waals surface area contributed by atoms with Gasteiger partial charge in [0.1, 0.15) is 12.7 Å². The van der Waals surface area contributed by atoms with Crippen molar-refractivity contribution in [1.82, 2.24) is 19.1 Å². The summed E-state index contributed by atoms with van der Waals surface area (Å²) in [4.78, 5) is 30.8. The first-order valence-corrected chi connectivity index (χ1v) is 8.25. The van der Waals surface area contributed by atoms with Crippen molar-refractivity contribution in [1.29, 1.82) is 0 Å². The smallest absolute Gasteiger partial charge is 0.428 e. The maximum Gasteiger partial charge on any atom is 0.428 e. The van der Waals surface area contributed by atoms with E-state index < -0.39 is 48.6 Å². The second kappa shape index (κ2) is 7.99. The van der Waals surface area contributed by atoms with Gasteiger partial charge in [-0.1, -0.05) is 0 Å². The Labute approximate surface area is 165 Å². The molecular weight excluding hydrogens is 426 g/mol. The molecule has 0 aromatic carbocycles. The zero-order chi connectivity index (χ0) is 22.8. The van der Waals surface area contributed by atoms with Crippen LogP contribution in [0.15, 0.2) is 37.4 Å². The third-order valence-electron chi connectivity index (χ3n) is 4.33. The van der Waals surface area contributed by atoms with Crippen molar-refractivity contribution in [2.24, 2.45) is 0 Å². The lowest BCUT2D eigenvalue weighted by atomic mass is 9.90. The first-order chi connectivity index (χ1) is 13.7. The van der Waals surface area contributed by atoms with Gasteiger partial charge in [0.05, 0.1) is 0 Å². The number of ether oxygens (including phenoxy) is 2. The van der Waals surface area contributed by atoms with E-state index in [-0.39, 0.29) is 0 Å². The van der Waals surface area contributed by atoms with Gasteiger partial charge in [0.15, 0.2) is 0 Å². The summed E-state index contributed by atoms with van der Waals surface area (Å²) < 4.78 is 91.5. The van der Waals surface area contributed by atoms with Crippen molar-refractivity contribution in [3.05, 3.63) is 37.4 Å². The molecule has 166 valence electrons. The topological polar surface area (TPSA) is 88.2 Å². The number of hydrogen-bond acceptors (Lipinski definition) is 6. The van der Waals surface area contributed by atoms with Crippen LogP contribution >= 0.6 is 0 Å². The van der Waals surface area contributed by atoms with E-state index in [1.165, 1.54) is 0 Å². The molecule has 0 saturated heterocycles. The SMILES string of the molecule is CC(CCC(C)(OC(=O)n1ccnc1)C(F)(F)F)(OC(=O)n1ccnc1)C(F)(F)F. The van der Waals surface area contributed by atoms with Crippen LogP contribution in [0.25, 0.3) is 0 Å². The van der Waals surface area contributed by atoms with Crippen molar-refractivity contribution < 1.29 is 45.4 Å². The molecule has 14 heteroatoms. The summed E-state index contributed by atoms with van der Waals surface area (Å²) in [6.07, 6.45) is -10.2. The number of carbonyl (C=O) groups excluding carboxylic acids is 2. The molecule has 2 rings (SSSR count). The van der Waals surface area contributed by atoms with Crippen molar-refractivity contribution in [2.45, 2.75) is 50.2 Å². The van der Waals surface area contributed by atoms with Crippen LogP contribution in [0.1, 0.15) is 26.7 Å². The molecule has 0 amide bonds. The minimum atomic E-state index is -5.22. The molecule has 2 aromatic rings. The Bertz CT molecular complexity index is 793. The monoisotopic (exact) mass is 442 g/mol. The highest BCUT2D eigenvalue weighted by molar-refractivity contribution is 5.71. The molecule has 2 atom stereocenters. The Balaban J connectivity index is 2.24. The Morgan fingerprint density at radius 2 is 1.10 bits per heavy atom. The van der Waals surface area contributed by atoms with Crippen LogP contribution in [0.3, 0.4) is 0 Å². The molecule has 0 aliphatic heterocycles. The fourth-order valence-corrected chi connectivity index (χ4v) is 2.20. The van der Waals surface area contributed by atoms with E-state index in [1.807, 2.05) is 0 Å². The first-order valence-electron chi connectivity index (χ1n) is 8.25. The summed E-state index contributed by atoms with van der Waals surface area (Å²) in [6, 6.07) is 0. The molecule has 2 unspecified atom stereocenters. The number of aromatic nitrogens is 4. The second-order valence-corrected chi connectivity index (χ2v) is 6.63. The quantitative estimate of drug-likeness (QED) is 0.646. The summed E-state index contributed by atoms with van der Waals surface area (Å²) in [5, 5.41) is 0. The van der Waals surface area contributed by atoms with E-state index in [1.54, 1.807) is 0 Å². The fourth-order valence-electron chi connectivity index (χ4n) is 2.20. The van der Waals surface area contributed by atoms with Crippen LogP contribution in [-0.2, 0) is 9.47 Å². The third-order valence-corrected chi connectivity index (χ3v) is 4.33. The van der Waals surface area contributed by atoms with Gasteiger partial charge in [-0.25, -0.2) is 28.7 Å². The highest BCUT2D eigenvalue weighted by Gasteiger charge is 2.60. The highest BCUT2D eigenvalue weighted by atomic mass is 19.4. The van der Waals surface area contributed by atoms with E-state index in [2.05, 4.69) is 19.4 Å². The number of hydrogen-bond donors (Lipinski definition) is 0. The molecule has 8 nitrogen and oxygen atoms in total. The molecule has 0 saturated carbocycles. The van der Waals surface area contributed by atoms with Gasteiger partial charge in [-0.15, -0.1) is 0 Å². The number of alkyl halides is 6. The van der Waals surface area contributed by atoms with E-state index in [9.17, 15) is 35.9 Å². The minimum Gasteiger partial charge on any atom is -0.433 e. The number of rotatable bonds is 5. The second-order valence-electron chi connectivity index (χ2n) is 6.63. The predicted molar refractivity (Wildman–Crippen MR) is 86.4 cm³/mol. The lowest BCUT2D eigenvalue weighted by Crippen LogP contribution is -2.52. The maximum atomic E-state index is 13.6. The fraction of sp³-hybridized carbons (Fsp3) is 0.500. The molecular formula is C16H16F6N4O4. The van der Waals surface area contributed by atoms with E-state index >= 15 is 0 Å². The van der Waals surface area contributed by atoms with Crippen LogP contribution in [0.2, 0.25) is 0 Å². The normalized spacial score (nSPS) is 16.4. The Hall–Kier alpha value is -3.06. The summed E-state index contributed by atoms with van der Waals surface area (Å²) in [6.45, 7) is 0.854. The van der Waals surface area contributed by atoms with Gasteiger partial charge in [0, 0.05) is 37.6 Å². The molecule has 0 bridgehead atoms. The summed E-state index contributed by atoms with van der Waals surface area (Å²) >= 11 is 0. The van der Waals surface area contributed by atoms with Crippen LogP contribution < -0.4 is 0 Å². The lowest BCUT2D eigenvalue weighted by molar-refractivity contribution is -0.275. The van der Waals surface area contributed by atoms with Gasteiger partial charge >= 0.3 is 24.5 Å². The van der Waals surface area contributed by atoms with E-state index in [0.717, 1.165) is 37.4 Å². The zero-order valence-electron chi connectivity index (χ0n) is 15.6. The van der Waals surface area contributed by atoms with Crippen LogP contribution in [0.4, 0.5) is 35.9 Å². The minimum absolute atomic E-state index is 0.427. The zero-order valence-corrected chi connectivity index (χ0v) is 15.6. The van der Waals surface area contributed by atoms with Gasteiger partial charge in [-0.2, -0.15) is 26.3 Å². The summed E-state index contributed by atoms with van der Waals surface area (Å²) in [7, 11) is 0. The molecule has 0 N–H and O–H groups in total. The summed E-state index contributed by atoms with van der Waals surface area (Å²) in [5.74, 6) is 0. The summed E-state index contributed by atoms with van der Waals surface area (Å²) in [5.41, 5.74) is -6.61. The van der Waals surface area contributed by atoms with Gasteiger partial charge in [-0.3, -0.25) is 0 Å². The van der Waals surface area contributed by atoms with Gasteiger partial charge < -0.3 is 9.47 Å². The number of halogens is 6. The third kappa shape index (κ3) is 4.91. The first kappa shape index (κ1) is 23.2. The van der Waals surface area contributed by atoms with E-state index in [4.69, 9.17) is 0 Å². The number of nitrogens with zero attached hydrogens (tertiary/aromatic N) is 4. The van der Waals surface area contributed by atoms with Crippen LogP contribution in [0.5, 0.6) is 0 Å². The Morgan fingerprint density at radius 3 is 1.33 bits per heavy atom. The Morgan fingerprint density at radius 1 is 0.767 bits per heavy atom. The largest absolute Gasteiger partial charge is 0.433 e. The van der Waals surface area contributed by atoms with Crippen LogP contribution in [0, 0.1) is 0 Å². The predicted octanol–water partition coefficient (Wildman–Crippen LogP) is 4.17. The maximum absolute atomic E-state index is 13.6. The molecule has 0 radical (unpaired) electrons. The average molecular weight is 442 g/mol. The van der Waals surface area contributed by atoms with Gasteiger partial charge in [0.25, 0.3) is 0 Å². The number of imidazole rings is 2. The molecule has 0 spiro atoms. The van der Waals surface area contributed by atoms with Gasteiger partial charge in [0.2, 0.25) is 11.2 Å². The molecule has 0 aliphatic rings. The van der Waals surface area contributed by atoms with Crippen molar-refractivity contribution in [2.75, 3.05) is 0 Å². The molecule has 30 heavy (non-hydrogen) atoms. The lowest BCUT2D eigenvalue weighted by Gasteiger charge is -2.36. The Kier molecular flexibility index (Phi) is 6.18. The van der Waals surface area contributed by atoms with Crippen LogP contribution in [-0.4, -0.2) is 54.8 Å². The van der Waals surface area contributed by atoms with Crippen molar-refractivity contribution >= 4 is 12.2 Å². The average Bonchev–Trinajstić information content (AvgIpc) is 3.31. The van der Waals surface area contributed by atoms with Crippen molar-refractivity contribution in [3.8, 4) is 0 Å². The van der Waals surface area contributed by atoms with Crippen molar-refractivity contribution in [3.63, 3.8) is 0 Å². The molecule has 0 fully saturated rings. The van der Waals surface area contributed by atoms with E-state index in [0.29, 0.717) is 23.0 Å². The van der Waals surface area contributed by atoms with Gasteiger partial charge in [-0.05, 0) is 13.8 Å². The molecule has 2 heterocycles. The molecule has 2 aromatic heterocycles.